The van der Waals surface area contributed by atoms with Gasteiger partial charge in [-0.15, -0.1) is 0 Å². The molecule has 3 N–H and O–H groups in total. The minimum absolute atomic E-state index is 0.113. The quantitative estimate of drug-likeness (QED) is 0.492. The average Bonchev–Trinajstić information content (AvgIpc) is 2.55. The zero-order valence-corrected chi connectivity index (χ0v) is 13.6. The summed E-state index contributed by atoms with van der Waals surface area (Å²) in [5, 5.41) is 2.88. The maximum atomic E-state index is 11.9. The Morgan fingerprint density at radius 3 is 2.54 bits per heavy atom. The van der Waals surface area contributed by atoms with Gasteiger partial charge in [0.2, 0.25) is 0 Å². The number of carbonyl (C=O) groups is 3. The van der Waals surface area contributed by atoms with Gasteiger partial charge in [-0.1, -0.05) is 23.7 Å². The number of hydrogen-bond donors (Lipinski definition) is 2. The largest absolute Gasteiger partial charge is 0.452 e. The first-order chi connectivity index (χ1) is 11.4. The molecule has 124 valence electrons. The third-order valence-corrected chi connectivity index (χ3v) is 3.46. The Balaban J connectivity index is 1.93. The van der Waals surface area contributed by atoms with Gasteiger partial charge in [-0.25, -0.2) is 4.79 Å². The number of anilines is 2. The second-order valence-electron chi connectivity index (χ2n) is 5.00. The van der Waals surface area contributed by atoms with E-state index in [9.17, 15) is 14.4 Å². The van der Waals surface area contributed by atoms with E-state index >= 15 is 0 Å². The van der Waals surface area contributed by atoms with Gasteiger partial charge < -0.3 is 15.8 Å². The molecule has 0 unspecified atom stereocenters. The first-order valence-corrected chi connectivity index (χ1v) is 7.37. The molecular formula is C17H15ClN2O4. The summed E-state index contributed by atoms with van der Waals surface area (Å²) >= 11 is 5.77. The number of carbonyl (C=O) groups excluding carboxylic acids is 3. The van der Waals surface area contributed by atoms with Crippen LogP contribution in [0.4, 0.5) is 11.4 Å². The van der Waals surface area contributed by atoms with E-state index in [1.807, 2.05) is 0 Å². The fraction of sp³-hybridized carbons (Fsp3) is 0.118. The summed E-state index contributed by atoms with van der Waals surface area (Å²) in [6.07, 6.45) is 0. The smallest absolute Gasteiger partial charge is 0.338 e. The minimum Gasteiger partial charge on any atom is -0.452 e. The van der Waals surface area contributed by atoms with Crippen molar-refractivity contribution in [3.8, 4) is 0 Å². The van der Waals surface area contributed by atoms with Crippen LogP contribution in [0, 0.1) is 0 Å². The molecule has 6 nitrogen and oxygen atoms in total. The molecule has 0 aromatic heterocycles. The standard InChI is InChI=1S/C17H15ClN2O4/c1-10(21)11-3-2-4-13(7-11)20-16(22)9-24-17(23)12-5-6-14(18)15(19)8-12/h2-8H,9,19H2,1H3,(H,20,22). The van der Waals surface area contributed by atoms with Crippen molar-refractivity contribution in [1.82, 2.24) is 0 Å². The van der Waals surface area contributed by atoms with Crippen LogP contribution in [0.15, 0.2) is 42.5 Å². The second kappa shape index (κ2) is 7.61. The van der Waals surface area contributed by atoms with Crippen molar-refractivity contribution in [2.24, 2.45) is 0 Å². The first kappa shape index (κ1) is 17.5. The molecule has 0 aliphatic heterocycles. The molecule has 0 aliphatic rings. The number of hydrogen-bond acceptors (Lipinski definition) is 5. The molecule has 1 amide bonds. The molecule has 0 saturated carbocycles. The Morgan fingerprint density at radius 2 is 1.88 bits per heavy atom. The van der Waals surface area contributed by atoms with E-state index < -0.39 is 18.5 Å². The van der Waals surface area contributed by atoms with Gasteiger partial charge in [-0.3, -0.25) is 9.59 Å². The number of benzene rings is 2. The van der Waals surface area contributed by atoms with Crippen molar-refractivity contribution < 1.29 is 19.1 Å². The van der Waals surface area contributed by atoms with E-state index in [-0.39, 0.29) is 17.0 Å². The number of nitrogens with one attached hydrogen (secondary N) is 1. The molecule has 7 heteroatoms. The van der Waals surface area contributed by atoms with E-state index in [0.29, 0.717) is 16.3 Å². The highest BCUT2D eigenvalue weighted by Gasteiger charge is 2.12. The molecule has 24 heavy (non-hydrogen) atoms. The van der Waals surface area contributed by atoms with Crippen LogP contribution < -0.4 is 11.1 Å². The van der Waals surface area contributed by atoms with Gasteiger partial charge in [0.1, 0.15) is 0 Å². The SMILES string of the molecule is CC(=O)c1cccc(NC(=O)COC(=O)c2ccc(Cl)c(N)c2)c1. The molecule has 0 saturated heterocycles. The lowest BCUT2D eigenvalue weighted by molar-refractivity contribution is -0.119. The maximum absolute atomic E-state index is 11.9. The van der Waals surface area contributed by atoms with Crippen LogP contribution in [0.1, 0.15) is 27.6 Å². The lowest BCUT2D eigenvalue weighted by atomic mass is 10.1. The van der Waals surface area contributed by atoms with Crippen molar-refractivity contribution >= 4 is 40.6 Å². The van der Waals surface area contributed by atoms with Gasteiger partial charge in [0.05, 0.1) is 16.3 Å². The van der Waals surface area contributed by atoms with Crippen LogP contribution >= 0.6 is 11.6 Å². The number of nitrogens with two attached hydrogens (primary N) is 1. The highest BCUT2D eigenvalue weighted by molar-refractivity contribution is 6.33. The van der Waals surface area contributed by atoms with Crippen LogP contribution in [-0.4, -0.2) is 24.3 Å². The molecule has 0 fully saturated rings. The van der Waals surface area contributed by atoms with Crippen molar-refractivity contribution in [1.29, 1.82) is 0 Å². The molecule has 0 spiro atoms. The molecule has 0 aliphatic carbocycles. The topological polar surface area (TPSA) is 98.5 Å². The predicted octanol–water partition coefficient (Wildman–Crippen LogP) is 2.92. The molecule has 0 atom stereocenters. The number of nitrogen functional groups attached to an aromatic ring is 1. The van der Waals surface area contributed by atoms with Gasteiger partial charge in [-0.05, 0) is 37.3 Å². The summed E-state index contributed by atoms with van der Waals surface area (Å²) < 4.78 is 4.92. The Morgan fingerprint density at radius 1 is 1.12 bits per heavy atom. The van der Waals surface area contributed by atoms with E-state index in [1.165, 1.54) is 25.1 Å². The fourth-order valence-electron chi connectivity index (χ4n) is 1.90. The number of amides is 1. The molecule has 2 aromatic carbocycles. The Kier molecular flexibility index (Phi) is 5.55. The third-order valence-electron chi connectivity index (χ3n) is 3.12. The molecular weight excluding hydrogens is 332 g/mol. The molecule has 2 rings (SSSR count). The molecule has 0 heterocycles. The van der Waals surface area contributed by atoms with Gasteiger partial charge in [-0.2, -0.15) is 0 Å². The lowest BCUT2D eigenvalue weighted by Gasteiger charge is -2.08. The van der Waals surface area contributed by atoms with Crippen LogP contribution in [0.25, 0.3) is 0 Å². The second-order valence-corrected chi connectivity index (χ2v) is 5.40. The average molecular weight is 347 g/mol. The van der Waals surface area contributed by atoms with Crippen molar-refractivity contribution in [3.63, 3.8) is 0 Å². The highest BCUT2D eigenvalue weighted by Crippen LogP contribution is 2.20. The number of halogens is 1. The summed E-state index contributed by atoms with van der Waals surface area (Å²) in [5.41, 5.74) is 6.97. The maximum Gasteiger partial charge on any atom is 0.338 e. The van der Waals surface area contributed by atoms with Gasteiger partial charge >= 0.3 is 5.97 Å². The summed E-state index contributed by atoms with van der Waals surface area (Å²) in [6, 6.07) is 10.8. The Labute approximate surface area is 143 Å². The summed E-state index contributed by atoms with van der Waals surface area (Å²) in [5.74, 6) is -1.32. The van der Waals surface area contributed by atoms with Gasteiger partial charge in [0.25, 0.3) is 5.91 Å². The van der Waals surface area contributed by atoms with E-state index in [0.717, 1.165) is 0 Å². The van der Waals surface area contributed by atoms with Crippen LogP contribution in [0.5, 0.6) is 0 Å². The normalized spacial score (nSPS) is 10.1. The Hall–Kier alpha value is -2.86. The van der Waals surface area contributed by atoms with Gasteiger partial charge in [0, 0.05) is 11.3 Å². The van der Waals surface area contributed by atoms with Crippen LogP contribution in [0.3, 0.4) is 0 Å². The highest BCUT2D eigenvalue weighted by atomic mass is 35.5. The van der Waals surface area contributed by atoms with E-state index in [1.54, 1.807) is 24.3 Å². The zero-order valence-electron chi connectivity index (χ0n) is 12.8. The zero-order chi connectivity index (χ0) is 17.7. The van der Waals surface area contributed by atoms with Crippen LogP contribution in [-0.2, 0) is 9.53 Å². The Bertz CT molecular complexity index is 805. The van der Waals surface area contributed by atoms with Crippen molar-refractivity contribution in [2.75, 3.05) is 17.7 Å². The number of Topliss-reactive ketones (excluding diaryl/α,β-unsaturated/α-hetero) is 1. The van der Waals surface area contributed by atoms with Gasteiger partial charge in [0.15, 0.2) is 12.4 Å². The summed E-state index contributed by atoms with van der Waals surface area (Å²) in [4.78, 5) is 35.0. The molecule has 2 aromatic rings. The number of rotatable bonds is 5. The molecule has 0 radical (unpaired) electrons. The number of esters is 1. The fourth-order valence-corrected chi connectivity index (χ4v) is 2.02. The number of ether oxygens (including phenoxy) is 1. The lowest BCUT2D eigenvalue weighted by Crippen LogP contribution is -2.21. The van der Waals surface area contributed by atoms with E-state index in [4.69, 9.17) is 22.1 Å². The monoisotopic (exact) mass is 346 g/mol. The number of ketones is 1. The summed E-state index contributed by atoms with van der Waals surface area (Å²) in [6.45, 7) is 0.964. The minimum atomic E-state index is -0.689. The molecule has 0 bridgehead atoms. The predicted molar refractivity (Wildman–Crippen MR) is 91.2 cm³/mol. The first-order valence-electron chi connectivity index (χ1n) is 7.00. The van der Waals surface area contributed by atoms with Crippen molar-refractivity contribution in [2.45, 2.75) is 6.92 Å². The summed E-state index contributed by atoms with van der Waals surface area (Å²) in [7, 11) is 0. The van der Waals surface area contributed by atoms with Crippen LogP contribution in [0.2, 0.25) is 5.02 Å². The van der Waals surface area contributed by atoms with E-state index in [2.05, 4.69) is 5.32 Å². The van der Waals surface area contributed by atoms with Crippen molar-refractivity contribution in [3.05, 3.63) is 58.6 Å². The third kappa shape index (κ3) is 4.57.